The van der Waals surface area contributed by atoms with Crippen molar-refractivity contribution in [3.63, 3.8) is 0 Å². The van der Waals surface area contributed by atoms with Gasteiger partial charge >= 0.3 is 0 Å². The molecule has 0 aliphatic rings. The number of hydrogen-bond donors (Lipinski definition) is 0. The fraction of sp³-hybridized carbons (Fsp3) is 0.500. The minimum Gasteiger partial charge on any atom is -0.295 e. The molecule has 106 valence electrons. The van der Waals surface area contributed by atoms with Gasteiger partial charge in [-0.2, -0.15) is 0 Å². The van der Waals surface area contributed by atoms with Gasteiger partial charge in [-0.3, -0.25) is 9.10 Å². The van der Waals surface area contributed by atoms with Crippen LogP contribution in [0.1, 0.15) is 37.6 Å². The van der Waals surface area contributed by atoms with E-state index in [1.807, 2.05) is 13.8 Å². The number of Topliss-reactive ketones (excluding diaryl/α,β-unsaturated/α-hetero) is 1. The van der Waals surface area contributed by atoms with Crippen LogP contribution in [0.4, 0.5) is 5.69 Å². The summed E-state index contributed by atoms with van der Waals surface area (Å²) in [6, 6.07) is 6.74. The van der Waals surface area contributed by atoms with Crippen LogP contribution in [-0.4, -0.2) is 27.0 Å². The molecule has 0 aliphatic heterocycles. The summed E-state index contributed by atoms with van der Waals surface area (Å²) >= 11 is 0. The average Bonchev–Trinajstić information content (AvgIpc) is 2.27. The molecule has 1 rings (SSSR count). The molecule has 0 saturated heterocycles. The van der Waals surface area contributed by atoms with E-state index in [9.17, 15) is 13.2 Å². The molecule has 0 heterocycles. The van der Waals surface area contributed by atoms with Gasteiger partial charge < -0.3 is 0 Å². The van der Waals surface area contributed by atoms with Crippen LogP contribution < -0.4 is 4.31 Å². The first-order valence-electron chi connectivity index (χ1n) is 6.30. The number of benzene rings is 1. The number of nitrogens with zero attached hydrogens (tertiary/aromatic N) is 1. The van der Waals surface area contributed by atoms with Gasteiger partial charge in [0.25, 0.3) is 0 Å². The summed E-state index contributed by atoms with van der Waals surface area (Å²) in [6.07, 6.45) is 1.96. The normalized spacial score (nSPS) is 11.6. The molecule has 1 aromatic rings. The zero-order valence-corrected chi connectivity index (χ0v) is 12.7. The molecular formula is C14H21NO3S. The summed E-state index contributed by atoms with van der Waals surface area (Å²) in [4.78, 5) is 11.4. The van der Waals surface area contributed by atoms with Crippen molar-refractivity contribution in [1.82, 2.24) is 0 Å². The third kappa shape index (κ3) is 4.67. The molecular weight excluding hydrogens is 262 g/mol. The number of anilines is 1. The van der Waals surface area contributed by atoms with E-state index in [0.29, 0.717) is 23.7 Å². The van der Waals surface area contributed by atoms with Crippen LogP contribution in [0.3, 0.4) is 0 Å². The first-order chi connectivity index (χ1) is 8.71. The Bertz CT molecular complexity index is 550. The Hall–Kier alpha value is -1.36. The predicted molar refractivity (Wildman–Crippen MR) is 78.1 cm³/mol. The second kappa shape index (κ2) is 6.19. The summed E-state index contributed by atoms with van der Waals surface area (Å²) in [5.74, 6) is 0.347. The largest absolute Gasteiger partial charge is 0.295 e. The molecule has 0 amide bonds. The lowest BCUT2D eigenvalue weighted by atomic mass is 10.1. The molecule has 0 saturated carbocycles. The zero-order valence-electron chi connectivity index (χ0n) is 11.9. The van der Waals surface area contributed by atoms with Crippen molar-refractivity contribution in [2.24, 2.45) is 5.92 Å². The van der Waals surface area contributed by atoms with Crippen molar-refractivity contribution in [3.05, 3.63) is 29.8 Å². The molecule has 0 radical (unpaired) electrons. The second-order valence-corrected chi connectivity index (χ2v) is 7.03. The molecule has 0 aromatic heterocycles. The second-order valence-electron chi connectivity index (χ2n) is 5.12. The maximum Gasteiger partial charge on any atom is 0.232 e. The first kappa shape index (κ1) is 15.7. The maximum atomic E-state index is 11.9. The molecule has 0 aliphatic carbocycles. The Morgan fingerprint density at radius 1 is 1.32 bits per heavy atom. The minimum atomic E-state index is -3.33. The topological polar surface area (TPSA) is 54.5 Å². The summed E-state index contributed by atoms with van der Waals surface area (Å²) in [6.45, 7) is 5.99. The fourth-order valence-corrected chi connectivity index (χ4v) is 2.68. The van der Waals surface area contributed by atoms with Gasteiger partial charge in [0, 0.05) is 12.1 Å². The number of carbonyl (C=O) groups excluding carboxylic acids is 1. The van der Waals surface area contributed by atoms with Gasteiger partial charge in [-0.15, -0.1) is 0 Å². The summed E-state index contributed by atoms with van der Waals surface area (Å²) < 4.78 is 25.1. The molecule has 0 bridgehead atoms. The van der Waals surface area contributed by atoms with Gasteiger partial charge in [0.15, 0.2) is 5.78 Å². The summed E-state index contributed by atoms with van der Waals surface area (Å²) in [5, 5.41) is 0. The first-order valence-corrected chi connectivity index (χ1v) is 8.15. The molecule has 19 heavy (non-hydrogen) atoms. The van der Waals surface area contributed by atoms with Gasteiger partial charge in [0.05, 0.1) is 11.9 Å². The van der Waals surface area contributed by atoms with Crippen LogP contribution in [0.15, 0.2) is 24.3 Å². The molecule has 0 spiro atoms. The van der Waals surface area contributed by atoms with E-state index in [-0.39, 0.29) is 5.78 Å². The Balaban J connectivity index is 3.11. The SMILES string of the molecule is CC(=O)c1cccc(N(CCC(C)C)S(C)(=O)=O)c1. The van der Waals surface area contributed by atoms with E-state index in [0.717, 1.165) is 6.42 Å². The third-order valence-electron chi connectivity index (χ3n) is 2.85. The maximum absolute atomic E-state index is 11.9. The highest BCUT2D eigenvalue weighted by Gasteiger charge is 2.18. The minimum absolute atomic E-state index is 0.0702. The fourth-order valence-electron chi connectivity index (χ4n) is 1.74. The molecule has 4 nitrogen and oxygen atoms in total. The molecule has 0 atom stereocenters. The van der Waals surface area contributed by atoms with Crippen molar-refractivity contribution >= 4 is 21.5 Å². The van der Waals surface area contributed by atoms with E-state index < -0.39 is 10.0 Å². The Kier molecular flexibility index (Phi) is 5.11. The van der Waals surface area contributed by atoms with Crippen molar-refractivity contribution in [2.45, 2.75) is 27.2 Å². The monoisotopic (exact) mass is 283 g/mol. The van der Waals surface area contributed by atoms with Crippen molar-refractivity contribution in [3.8, 4) is 0 Å². The van der Waals surface area contributed by atoms with Crippen LogP contribution in [0.2, 0.25) is 0 Å². The Morgan fingerprint density at radius 2 is 1.95 bits per heavy atom. The molecule has 5 heteroatoms. The predicted octanol–water partition coefficient (Wildman–Crippen LogP) is 2.70. The number of rotatable bonds is 6. The Morgan fingerprint density at radius 3 is 2.42 bits per heavy atom. The van der Waals surface area contributed by atoms with Crippen LogP contribution in [0.5, 0.6) is 0 Å². The van der Waals surface area contributed by atoms with Gasteiger partial charge in [0.2, 0.25) is 10.0 Å². The molecule has 0 N–H and O–H groups in total. The number of ketones is 1. The number of sulfonamides is 1. The van der Waals surface area contributed by atoms with E-state index in [1.165, 1.54) is 17.5 Å². The number of hydrogen-bond acceptors (Lipinski definition) is 3. The quantitative estimate of drug-likeness (QED) is 0.754. The molecule has 0 unspecified atom stereocenters. The highest BCUT2D eigenvalue weighted by Crippen LogP contribution is 2.20. The van der Waals surface area contributed by atoms with E-state index in [2.05, 4.69) is 0 Å². The number of carbonyl (C=O) groups is 1. The lowest BCUT2D eigenvalue weighted by molar-refractivity contribution is 0.101. The standard InChI is InChI=1S/C14H21NO3S/c1-11(2)8-9-15(19(4,17)18)14-7-5-6-13(10-14)12(3)16/h5-7,10-11H,8-9H2,1-4H3. The van der Waals surface area contributed by atoms with E-state index >= 15 is 0 Å². The summed E-state index contributed by atoms with van der Waals surface area (Å²) in [5.41, 5.74) is 1.08. The highest BCUT2D eigenvalue weighted by atomic mass is 32.2. The van der Waals surface area contributed by atoms with Crippen molar-refractivity contribution in [1.29, 1.82) is 0 Å². The molecule has 0 fully saturated rings. The highest BCUT2D eigenvalue weighted by molar-refractivity contribution is 7.92. The van der Waals surface area contributed by atoms with Gasteiger partial charge in [0.1, 0.15) is 0 Å². The van der Waals surface area contributed by atoms with Gasteiger partial charge in [-0.1, -0.05) is 26.0 Å². The van der Waals surface area contributed by atoms with Gasteiger partial charge in [-0.25, -0.2) is 8.42 Å². The lowest BCUT2D eigenvalue weighted by Gasteiger charge is -2.23. The van der Waals surface area contributed by atoms with Gasteiger partial charge in [-0.05, 0) is 31.4 Å². The Labute approximate surface area is 115 Å². The van der Waals surface area contributed by atoms with Crippen molar-refractivity contribution in [2.75, 3.05) is 17.1 Å². The summed E-state index contributed by atoms with van der Waals surface area (Å²) in [7, 11) is -3.33. The zero-order chi connectivity index (χ0) is 14.6. The van der Waals surface area contributed by atoms with Crippen molar-refractivity contribution < 1.29 is 13.2 Å². The van der Waals surface area contributed by atoms with Crippen LogP contribution in [-0.2, 0) is 10.0 Å². The third-order valence-corrected chi connectivity index (χ3v) is 4.04. The van der Waals surface area contributed by atoms with E-state index in [4.69, 9.17) is 0 Å². The average molecular weight is 283 g/mol. The lowest BCUT2D eigenvalue weighted by Crippen LogP contribution is -2.31. The van der Waals surface area contributed by atoms with E-state index in [1.54, 1.807) is 24.3 Å². The van der Waals surface area contributed by atoms with Crippen LogP contribution in [0.25, 0.3) is 0 Å². The van der Waals surface area contributed by atoms with Crippen LogP contribution in [0, 0.1) is 5.92 Å². The van der Waals surface area contributed by atoms with Crippen LogP contribution >= 0.6 is 0 Å². The molecule has 1 aromatic carbocycles. The smallest absolute Gasteiger partial charge is 0.232 e.